The second kappa shape index (κ2) is 6.64. The van der Waals surface area contributed by atoms with Gasteiger partial charge >= 0.3 is 0 Å². The molecule has 1 aromatic heterocycles. The van der Waals surface area contributed by atoms with Gasteiger partial charge in [0, 0.05) is 6.42 Å². The molecule has 0 saturated heterocycles. The van der Waals surface area contributed by atoms with Crippen molar-refractivity contribution in [3.8, 4) is 0 Å². The molecule has 1 heterocycles. The average Bonchev–Trinajstić information content (AvgIpc) is 2.65. The van der Waals surface area contributed by atoms with Crippen LogP contribution in [0.1, 0.15) is 24.9 Å². The molecule has 3 heteroatoms. The van der Waals surface area contributed by atoms with E-state index in [1.807, 2.05) is 0 Å². The molecular formula is C12H22N2O. The molecular weight excluding hydrogens is 188 g/mol. The first-order chi connectivity index (χ1) is 7.22. The normalized spacial score (nSPS) is 11.2. The lowest BCUT2D eigenvalue weighted by Crippen LogP contribution is -2.20. The molecule has 1 rings (SSSR count). The van der Waals surface area contributed by atoms with Gasteiger partial charge < -0.3 is 14.6 Å². The van der Waals surface area contributed by atoms with Gasteiger partial charge in [-0.15, -0.1) is 0 Å². The van der Waals surface area contributed by atoms with E-state index in [0.717, 1.165) is 37.6 Å². The summed E-state index contributed by atoms with van der Waals surface area (Å²) in [6.45, 7) is 5.12. The van der Waals surface area contributed by atoms with E-state index in [0.29, 0.717) is 0 Å². The lowest BCUT2D eigenvalue weighted by molar-refractivity contribution is 0.389. The molecule has 86 valence electrons. The van der Waals surface area contributed by atoms with Crippen LogP contribution >= 0.6 is 0 Å². The standard InChI is InChI=1S/C12H22N2O/c1-4-11-6-7-12(15-11)10-13-8-5-9-14(2)3/h6-7,13H,4-5,8-10H2,1-3H3. The molecule has 0 spiro atoms. The van der Waals surface area contributed by atoms with E-state index in [-0.39, 0.29) is 0 Å². The number of aryl methyl sites for hydroxylation is 1. The molecule has 0 fully saturated rings. The predicted octanol–water partition coefficient (Wildman–Crippen LogP) is 1.88. The number of nitrogens with zero attached hydrogens (tertiary/aromatic N) is 1. The average molecular weight is 210 g/mol. The van der Waals surface area contributed by atoms with Crippen LogP contribution in [0.4, 0.5) is 0 Å². The van der Waals surface area contributed by atoms with E-state index >= 15 is 0 Å². The van der Waals surface area contributed by atoms with Crippen LogP contribution in [0.15, 0.2) is 16.5 Å². The van der Waals surface area contributed by atoms with E-state index in [1.165, 1.54) is 6.42 Å². The van der Waals surface area contributed by atoms with E-state index in [4.69, 9.17) is 4.42 Å². The topological polar surface area (TPSA) is 28.4 Å². The highest BCUT2D eigenvalue weighted by Crippen LogP contribution is 2.07. The molecule has 0 aliphatic carbocycles. The summed E-state index contributed by atoms with van der Waals surface area (Å²) in [4.78, 5) is 2.20. The van der Waals surface area contributed by atoms with Crippen LogP contribution in [0.2, 0.25) is 0 Å². The number of furan rings is 1. The highest BCUT2D eigenvalue weighted by molar-refractivity contribution is 5.06. The minimum atomic E-state index is 0.841. The van der Waals surface area contributed by atoms with Crippen LogP contribution in [0, 0.1) is 0 Å². The third-order valence-electron chi connectivity index (χ3n) is 2.32. The fourth-order valence-corrected chi connectivity index (χ4v) is 1.44. The number of nitrogens with one attached hydrogen (secondary N) is 1. The molecule has 1 N–H and O–H groups in total. The predicted molar refractivity (Wildman–Crippen MR) is 63.0 cm³/mol. The summed E-state index contributed by atoms with van der Waals surface area (Å²) >= 11 is 0. The van der Waals surface area contributed by atoms with Gasteiger partial charge in [-0.3, -0.25) is 0 Å². The molecule has 0 amide bonds. The third kappa shape index (κ3) is 5.00. The number of hydrogen-bond donors (Lipinski definition) is 1. The summed E-state index contributed by atoms with van der Waals surface area (Å²) in [6, 6.07) is 4.11. The molecule has 0 aliphatic rings. The van der Waals surface area contributed by atoms with Gasteiger partial charge in [-0.05, 0) is 45.7 Å². The Labute approximate surface area is 92.5 Å². The minimum Gasteiger partial charge on any atom is -0.465 e. The lowest BCUT2D eigenvalue weighted by Gasteiger charge is -2.08. The Balaban J connectivity index is 2.09. The van der Waals surface area contributed by atoms with Crippen molar-refractivity contribution in [2.45, 2.75) is 26.3 Å². The van der Waals surface area contributed by atoms with Crippen molar-refractivity contribution < 1.29 is 4.42 Å². The zero-order valence-corrected chi connectivity index (χ0v) is 10.0. The van der Waals surface area contributed by atoms with Gasteiger partial charge in [0.25, 0.3) is 0 Å². The van der Waals surface area contributed by atoms with Crippen molar-refractivity contribution in [1.29, 1.82) is 0 Å². The van der Waals surface area contributed by atoms with Gasteiger partial charge in [-0.2, -0.15) is 0 Å². The van der Waals surface area contributed by atoms with Crippen molar-refractivity contribution >= 4 is 0 Å². The van der Waals surface area contributed by atoms with E-state index in [1.54, 1.807) is 0 Å². The molecule has 0 saturated carbocycles. The van der Waals surface area contributed by atoms with Crippen molar-refractivity contribution in [2.24, 2.45) is 0 Å². The van der Waals surface area contributed by atoms with Crippen molar-refractivity contribution in [1.82, 2.24) is 10.2 Å². The van der Waals surface area contributed by atoms with Gasteiger partial charge in [-0.1, -0.05) is 6.92 Å². The second-order valence-electron chi connectivity index (χ2n) is 4.06. The van der Waals surface area contributed by atoms with E-state index < -0.39 is 0 Å². The highest BCUT2D eigenvalue weighted by atomic mass is 16.3. The van der Waals surface area contributed by atoms with Gasteiger partial charge in [0.2, 0.25) is 0 Å². The van der Waals surface area contributed by atoms with Gasteiger partial charge in [0.15, 0.2) is 0 Å². The summed E-state index contributed by atoms with van der Waals surface area (Å²) < 4.78 is 5.59. The molecule has 15 heavy (non-hydrogen) atoms. The van der Waals surface area contributed by atoms with Crippen LogP contribution in [0.3, 0.4) is 0 Å². The van der Waals surface area contributed by atoms with Crippen LogP contribution in [0.5, 0.6) is 0 Å². The summed E-state index contributed by atoms with van der Waals surface area (Å²) in [7, 11) is 4.19. The summed E-state index contributed by atoms with van der Waals surface area (Å²) in [5, 5.41) is 3.37. The largest absolute Gasteiger partial charge is 0.465 e. The molecule has 0 bridgehead atoms. The monoisotopic (exact) mass is 210 g/mol. The van der Waals surface area contributed by atoms with Crippen molar-refractivity contribution in [2.75, 3.05) is 27.2 Å². The van der Waals surface area contributed by atoms with E-state index in [2.05, 4.69) is 43.4 Å². The Kier molecular flexibility index (Phi) is 5.43. The fourth-order valence-electron chi connectivity index (χ4n) is 1.44. The van der Waals surface area contributed by atoms with Crippen LogP contribution < -0.4 is 5.32 Å². The van der Waals surface area contributed by atoms with E-state index in [9.17, 15) is 0 Å². The molecule has 0 radical (unpaired) electrons. The Morgan fingerprint density at radius 2 is 2.00 bits per heavy atom. The van der Waals surface area contributed by atoms with Crippen molar-refractivity contribution in [3.05, 3.63) is 23.7 Å². The van der Waals surface area contributed by atoms with Gasteiger partial charge in [-0.25, -0.2) is 0 Å². The fraction of sp³-hybridized carbons (Fsp3) is 0.667. The summed E-state index contributed by atoms with van der Waals surface area (Å²) in [5.74, 6) is 2.11. The molecule has 0 aliphatic heterocycles. The van der Waals surface area contributed by atoms with Crippen molar-refractivity contribution in [3.63, 3.8) is 0 Å². The maximum absolute atomic E-state index is 5.59. The Bertz CT molecular complexity index is 268. The molecule has 0 atom stereocenters. The maximum Gasteiger partial charge on any atom is 0.117 e. The first-order valence-corrected chi connectivity index (χ1v) is 5.65. The quantitative estimate of drug-likeness (QED) is 0.697. The lowest BCUT2D eigenvalue weighted by atomic mass is 10.3. The molecule has 0 aromatic carbocycles. The highest BCUT2D eigenvalue weighted by Gasteiger charge is 1.99. The first-order valence-electron chi connectivity index (χ1n) is 5.65. The smallest absolute Gasteiger partial charge is 0.117 e. The van der Waals surface area contributed by atoms with Crippen LogP contribution in [0.25, 0.3) is 0 Å². The summed E-state index contributed by atoms with van der Waals surface area (Å²) in [5.41, 5.74) is 0. The van der Waals surface area contributed by atoms with Gasteiger partial charge in [0.05, 0.1) is 6.54 Å². The van der Waals surface area contributed by atoms with Gasteiger partial charge in [0.1, 0.15) is 11.5 Å². The minimum absolute atomic E-state index is 0.841. The second-order valence-corrected chi connectivity index (χ2v) is 4.06. The maximum atomic E-state index is 5.59. The number of hydrogen-bond acceptors (Lipinski definition) is 3. The number of rotatable bonds is 7. The molecule has 1 aromatic rings. The third-order valence-corrected chi connectivity index (χ3v) is 2.32. The molecule has 3 nitrogen and oxygen atoms in total. The zero-order valence-electron chi connectivity index (χ0n) is 10.0. The zero-order chi connectivity index (χ0) is 11.1. The molecule has 0 unspecified atom stereocenters. The SMILES string of the molecule is CCc1ccc(CNCCCN(C)C)o1. The van der Waals surface area contributed by atoms with Crippen LogP contribution in [-0.2, 0) is 13.0 Å². The Morgan fingerprint density at radius 1 is 1.27 bits per heavy atom. The summed E-state index contributed by atoms with van der Waals surface area (Å²) in [6.07, 6.45) is 2.15. The first kappa shape index (κ1) is 12.3. The Hall–Kier alpha value is -0.800. The Morgan fingerprint density at radius 3 is 2.60 bits per heavy atom. The van der Waals surface area contributed by atoms with Crippen LogP contribution in [-0.4, -0.2) is 32.1 Å².